The molecule has 0 saturated carbocycles. The molecule has 1 aliphatic rings. The summed E-state index contributed by atoms with van der Waals surface area (Å²) in [4.78, 5) is 14.8. The average molecular weight is 389 g/mol. The largest absolute Gasteiger partial charge is 0.349 e. The lowest BCUT2D eigenvalue weighted by Gasteiger charge is -2.32. The molecule has 0 bridgehead atoms. The van der Waals surface area contributed by atoms with Crippen LogP contribution in [0.1, 0.15) is 42.5 Å². The molecule has 1 fully saturated rings. The van der Waals surface area contributed by atoms with E-state index in [-0.39, 0.29) is 23.7 Å². The highest BCUT2D eigenvalue weighted by Gasteiger charge is 2.26. The summed E-state index contributed by atoms with van der Waals surface area (Å²) in [6.07, 6.45) is 1.55. The molecule has 0 aromatic heterocycles. The van der Waals surface area contributed by atoms with Crippen LogP contribution in [0.15, 0.2) is 42.5 Å². The Hall–Kier alpha value is -1.91. The van der Waals surface area contributed by atoms with Crippen molar-refractivity contribution in [3.8, 4) is 0 Å². The SMILES string of the molecule is Cc1ccc([C@@H](C)NC(=O)C2CCN(Cc3c(F)cccc3Cl)CC2)cc1. The van der Waals surface area contributed by atoms with Gasteiger partial charge in [-0.3, -0.25) is 9.69 Å². The topological polar surface area (TPSA) is 32.3 Å². The highest BCUT2D eigenvalue weighted by Crippen LogP contribution is 2.25. The molecule has 1 saturated heterocycles. The second-order valence-electron chi connectivity index (χ2n) is 7.39. The van der Waals surface area contributed by atoms with Crippen LogP contribution in [0.5, 0.6) is 0 Å². The number of carbonyl (C=O) groups is 1. The number of carbonyl (C=O) groups excluding carboxylic acids is 1. The molecule has 0 unspecified atom stereocenters. The van der Waals surface area contributed by atoms with Crippen LogP contribution in [0.2, 0.25) is 5.02 Å². The fourth-order valence-electron chi connectivity index (χ4n) is 3.53. The van der Waals surface area contributed by atoms with Gasteiger partial charge in [0.1, 0.15) is 5.82 Å². The van der Waals surface area contributed by atoms with Crippen molar-refractivity contribution in [1.82, 2.24) is 10.2 Å². The summed E-state index contributed by atoms with van der Waals surface area (Å²) in [6.45, 7) is 6.08. The number of nitrogens with one attached hydrogen (secondary N) is 1. The van der Waals surface area contributed by atoms with E-state index in [0.717, 1.165) is 31.5 Å². The Kier molecular flexibility index (Phi) is 6.51. The lowest BCUT2D eigenvalue weighted by molar-refractivity contribution is -0.127. The van der Waals surface area contributed by atoms with Crippen LogP contribution in [0.3, 0.4) is 0 Å². The highest BCUT2D eigenvalue weighted by molar-refractivity contribution is 6.31. The van der Waals surface area contributed by atoms with Crippen LogP contribution in [0.4, 0.5) is 4.39 Å². The van der Waals surface area contributed by atoms with Crippen LogP contribution in [-0.4, -0.2) is 23.9 Å². The van der Waals surface area contributed by atoms with Gasteiger partial charge in [-0.2, -0.15) is 0 Å². The molecular weight excluding hydrogens is 363 g/mol. The summed E-state index contributed by atoms with van der Waals surface area (Å²) < 4.78 is 14.0. The molecule has 3 rings (SSSR count). The van der Waals surface area contributed by atoms with Crippen molar-refractivity contribution in [1.29, 1.82) is 0 Å². The molecule has 27 heavy (non-hydrogen) atoms. The third kappa shape index (κ3) is 5.08. The molecule has 1 aliphatic heterocycles. The van der Waals surface area contributed by atoms with Gasteiger partial charge < -0.3 is 5.32 Å². The third-order valence-electron chi connectivity index (χ3n) is 5.34. The maximum atomic E-state index is 14.0. The molecule has 1 N–H and O–H groups in total. The maximum absolute atomic E-state index is 14.0. The van der Waals surface area contributed by atoms with Gasteiger partial charge in [-0.1, -0.05) is 47.5 Å². The van der Waals surface area contributed by atoms with Crippen LogP contribution in [-0.2, 0) is 11.3 Å². The highest BCUT2D eigenvalue weighted by atomic mass is 35.5. The Morgan fingerprint density at radius 2 is 1.89 bits per heavy atom. The minimum absolute atomic E-state index is 0.00485. The molecule has 1 amide bonds. The van der Waals surface area contributed by atoms with Crippen molar-refractivity contribution in [2.45, 2.75) is 39.3 Å². The van der Waals surface area contributed by atoms with Gasteiger partial charge in [0.2, 0.25) is 5.91 Å². The van der Waals surface area contributed by atoms with Gasteiger partial charge in [-0.25, -0.2) is 4.39 Å². The number of hydrogen-bond acceptors (Lipinski definition) is 2. The van der Waals surface area contributed by atoms with Gasteiger partial charge in [-0.15, -0.1) is 0 Å². The van der Waals surface area contributed by atoms with E-state index in [2.05, 4.69) is 41.4 Å². The molecular formula is C22H26ClFN2O. The monoisotopic (exact) mass is 388 g/mol. The van der Waals surface area contributed by atoms with E-state index in [1.165, 1.54) is 11.6 Å². The molecule has 144 valence electrons. The Balaban J connectivity index is 1.51. The van der Waals surface area contributed by atoms with E-state index in [9.17, 15) is 9.18 Å². The Morgan fingerprint density at radius 3 is 2.52 bits per heavy atom. The van der Waals surface area contributed by atoms with Gasteiger partial charge in [0, 0.05) is 23.0 Å². The van der Waals surface area contributed by atoms with Crippen LogP contribution in [0.25, 0.3) is 0 Å². The van der Waals surface area contributed by atoms with E-state index in [0.29, 0.717) is 17.1 Å². The summed E-state index contributed by atoms with van der Waals surface area (Å²) in [6, 6.07) is 13.0. The standard InChI is InChI=1S/C22H26ClFN2O/c1-15-6-8-17(9-7-15)16(2)25-22(27)18-10-12-26(13-11-18)14-19-20(23)4-3-5-21(19)24/h3-9,16,18H,10-14H2,1-2H3,(H,25,27)/t16-/m1/s1. The first kappa shape index (κ1) is 19.8. The lowest BCUT2D eigenvalue weighted by Crippen LogP contribution is -2.41. The quantitative estimate of drug-likeness (QED) is 0.791. The van der Waals surface area contributed by atoms with E-state index in [1.807, 2.05) is 6.92 Å². The van der Waals surface area contributed by atoms with Crippen molar-refractivity contribution >= 4 is 17.5 Å². The van der Waals surface area contributed by atoms with Gasteiger partial charge in [0.15, 0.2) is 0 Å². The number of likely N-dealkylation sites (tertiary alicyclic amines) is 1. The van der Waals surface area contributed by atoms with Crippen molar-refractivity contribution in [3.63, 3.8) is 0 Å². The summed E-state index contributed by atoms with van der Waals surface area (Å²) >= 11 is 6.12. The van der Waals surface area contributed by atoms with Crippen LogP contribution < -0.4 is 5.32 Å². The number of benzene rings is 2. The van der Waals surface area contributed by atoms with Gasteiger partial charge in [0.25, 0.3) is 0 Å². The van der Waals surface area contributed by atoms with Crippen LogP contribution in [0, 0.1) is 18.7 Å². The first-order valence-electron chi connectivity index (χ1n) is 9.46. The molecule has 3 nitrogen and oxygen atoms in total. The normalized spacial score (nSPS) is 16.9. The fourth-order valence-corrected chi connectivity index (χ4v) is 3.75. The van der Waals surface area contributed by atoms with E-state index >= 15 is 0 Å². The number of aryl methyl sites for hydroxylation is 1. The summed E-state index contributed by atoms with van der Waals surface area (Å²) in [7, 11) is 0. The Morgan fingerprint density at radius 1 is 1.22 bits per heavy atom. The summed E-state index contributed by atoms with van der Waals surface area (Å²) in [5, 5.41) is 3.59. The van der Waals surface area contributed by atoms with Crippen molar-refractivity contribution in [2.75, 3.05) is 13.1 Å². The molecule has 0 aliphatic carbocycles. The average Bonchev–Trinajstić information content (AvgIpc) is 2.66. The third-order valence-corrected chi connectivity index (χ3v) is 5.69. The van der Waals surface area contributed by atoms with Crippen molar-refractivity contribution in [3.05, 3.63) is 70.0 Å². The molecule has 0 radical (unpaired) electrons. The van der Waals surface area contributed by atoms with E-state index < -0.39 is 0 Å². The summed E-state index contributed by atoms with van der Waals surface area (Å²) in [5.41, 5.74) is 2.86. The first-order chi connectivity index (χ1) is 12.9. The van der Waals surface area contributed by atoms with Gasteiger partial charge in [0.05, 0.1) is 6.04 Å². The van der Waals surface area contributed by atoms with Crippen molar-refractivity contribution in [2.24, 2.45) is 5.92 Å². The fraction of sp³-hybridized carbons (Fsp3) is 0.409. The lowest BCUT2D eigenvalue weighted by atomic mass is 9.94. The summed E-state index contributed by atoms with van der Waals surface area (Å²) in [5.74, 6) is -0.161. The Labute approximate surface area is 165 Å². The minimum Gasteiger partial charge on any atom is -0.349 e. The zero-order chi connectivity index (χ0) is 19.4. The van der Waals surface area contributed by atoms with E-state index in [1.54, 1.807) is 12.1 Å². The molecule has 0 spiro atoms. The number of nitrogens with zero attached hydrogens (tertiary/aromatic N) is 1. The van der Waals surface area contributed by atoms with Gasteiger partial charge in [-0.05, 0) is 57.5 Å². The minimum atomic E-state index is -0.269. The first-order valence-corrected chi connectivity index (χ1v) is 9.84. The Bertz CT molecular complexity index is 765. The smallest absolute Gasteiger partial charge is 0.223 e. The molecule has 2 aromatic carbocycles. The molecule has 5 heteroatoms. The second-order valence-corrected chi connectivity index (χ2v) is 7.80. The molecule has 2 aromatic rings. The number of piperidine rings is 1. The number of halogens is 2. The predicted molar refractivity (Wildman–Crippen MR) is 107 cm³/mol. The second kappa shape index (κ2) is 8.85. The number of hydrogen-bond donors (Lipinski definition) is 1. The molecule has 1 heterocycles. The molecule has 1 atom stereocenters. The zero-order valence-electron chi connectivity index (χ0n) is 15.8. The van der Waals surface area contributed by atoms with Crippen molar-refractivity contribution < 1.29 is 9.18 Å². The number of rotatable bonds is 5. The zero-order valence-corrected chi connectivity index (χ0v) is 16.6. The van der Waals surface area contributed by atoms with Gasteiger partial charge >= 0.3 is 0 Å². The number of amides is 1. The maximum Gasteiger partial charge on any atom is 0.223 e. The van der Waals surface area contributed by atoms with E-state index in [4.69, 9.17) is 11.6 Å². The van der Waals surface area contributed by atoms with Crippen LogP contribution >= 0.6 is 11.6 Å². The predicted octanol–water partition coefficient (Wildman–Crippen LogP) is 4.88.